The highest BCUT2D eigenvalue weighted by Gasteiger charge is 2.29. The summed E-state index contributed by atoms with van der Waals surface area (Å²) in [4.78, 5) is 13.4. The number of carbonyl (C=O) groups is 1. The molecule has 0 unspecified atom stereocenters. The summed E-state index contributed by atoms with van der Waals surface area (Å²) in [6, 6.07) is 10.5. The van der Waals surface area contributed by atoms with Crippen molar-refractivity contribution in [3.05, 3.63) is 60.9 Å². The third kappa shape index (κ3) is 2.82. The highest BCUT2D eigenvalue weighted by atomic mass is 16.2. The molecule has 4 aromatic rings. The number of benzene rings is 2. The van der Waals surface area contributed by atoms with Crippen LogP contribution in [0.15, 0.2) is 55.4 Å². The summed E-state index contributed by atoms with van der Waals surface area (Å²) >= 11 is 0. The van der Waals surface area contributed by atoms with Crippen LogP contribution in [0.25, 0.3) is 32.9 Å². The van der Waals surface area contributed by atoms with Crippen LogP contribution in [0.2, 0.25) is 0 Å². The van der Waals surface area contributed by atoms with Crippen molar-refractivity contribution < 1.29 is 4.79 Å². The van der Waals surface area contributed by atoms with E-state index in [1.54, 1.807) is 11.1 Å². The Bertz CT molecular complexity index is 1250. The third-order valence-corrected chi connectivity index (χ3v) is 5.50. The number of aromatic amines is 1. The van der Waals surface area contributed by atoms with Crippen LogP contribution < -0.4 is 5.32 Å². The van der Waals surface area contributed by atoms with E-state index in [0.29, 0.717) is 13.1 Å². The van der Waals surface area contributed by atoms with Gasteiger partial charge >= 0.3 is 0 Å². The SMILES string of the molecule is C=CC(=O)N1CC(Nc2cnnc3c(-c4c(C)ccc5[nH]ncc45)cccc23)C1. The number of anilines is 1. The van der Waals surface area contributed by atoms with Gasteiger partial charge in [0, 0.05) is 29.4 Å². The van der Waals surface area contributed by atoms with E-state index < -0.39 is 0 Å². The van der Waals surface area contributed by atoms with E-state index in [2.05, 4.69) is 51.3 Å². The molecule has 7 nitrogen and oxygen atoms in total. The number of nitrogens with zero attached hydrogens (tertiary/aromatic N) is 4. The Hall–Kier alpha value is -3.74. The minimum absolute atomic E-state index is 0.0354. The summed E-state index contributed by atoms with van der Waals surface area (Å²) in [5, 5.41) is 21.5. The van der Waals surface area contributed by atoms with E-state index >= 15 is 0 Å². The molecular formula is C22H20N6O. The number of likely N-dealkylation sites (tertiary alicyclic amines) is 1. The zero-order chi connectivity index (χ0) is 20.0. The second kappa shape index (κ2) is 6.70. The highest BCUT2D eigenvalue weighted by molar-refractivity contribution is 6.06. The fraction of sp³-hybridized carbons (Fsp3) is 0.182. The molecule has 1 amide bonds. The molecule has 0 atom stereocenters. The Morgan fingerprint density at radius 1 is 1.24 bits per heavy atom. The van der Waals surface area contributed by atoms with Crippen LogP contribution in [0.4, 0.5) is 5.69 Å². The monoisotopic (exact) mass is 384 g/mol. The Labute approximate surface area is 167 Å². The van der Waals surface area contributed by atoms with Crippen molar-refractivity contribution in [2.45, 2.75) is 13.0 Å². The van der Waals surface area contributed by atoms with Gasteiger partial charge in [-0.05, 0) is 30.2 Å². The number of rotatable bonds is 4. The van der Waals surface area contributed by atoms with Crippen molar-refractivity contribution in [2.24, 2.45) is 0 Å². The molecule has 0 spiro atoms. The van der Waals surface area contributed by atoms with Gasteiger partial charge in [-0.2, -0.15) is 10.2 Å². The number of nitrogens with one attached hydrogen (secondary N) is 2. The Balaban J connectivity index is 1.55. The van der Waals surface area contributed by atoms with E-state index in [-0.39, 0.29) is 11.9 Å². The minimum Gasteiger partial charge on any atom is -0.377 e. The molecule has 29 heavy (non-hydrogen) atoms. The molecule has 2 aromatic carbocycles. The van der Waals surface area contributed by atoms with Crippen molar-refractivity contribution in [3.63, 3.8) is 0 Å². The number of amides is 1. The molecule has 0 saturated carbocycles. The van der Waals surface area contributed by atoms with Crippen LogP contribution in [-0.2, 0) is 4.79 Å². The lowest BCUT2D eigenvalue weighted by Crippen LogP contribution is -2.56. The molecule has 0 bridgehead atoms. The van der Waals surface area contributed by atoms with Gasteiger partial charge in [-0.1, -0.05) is 30.8 Å². The molecular weight excluding hydrogens is 364 g/mol. The summed E-state index contributed by atoms with van der Waals surface area (Å²) in [5.74, 6) is -0.0354. The van der Waals surface area contributed by atoms with Gasteiger partial charge in [-0.25, -0.2) is 0 Å². The predicted octanol–water partition coefficient (Wildman–Crippen LogP) is 3.29. The summed E-state index contributed by atoms with van der Waals surface area (Å²) in [6.07, 6.45) is 4.95. The van der Waals surface area contributed by atoms with E-state index in [4.69, 9.17) is 0 Å². The van der Waals surface area contributed by atoms with Gasteiger partial charge in [0.15, 0.2) is 0 Å². The van der Waals surface area contributed by atoms with E-state index in [1.165, 1.54) is 6.08 Å². The Morgan fingerprint density at radius 3 is 2.93 bits per heavy atom. The van der Waals surface area contributed by atoms with Gasteiger partial charge in [0.1, 0.15) is 5.52 Å². The number of carbonyl (C=O) groups excluding carboxylic acids is 1. The summed E-state index contributed by atoms with van der Waals surface area (Å²) < 4.78 is 0. The molecule has 3 heterocycles. The smallest absolute Gasteiger partial charge is 0.246 e. The third-order valence-electron chi connectivity index (χ3n) is 5.50. The van der Waals surface area contributed by atoms with Crippen LogP contribution in [0, 0.1) is 6.92 Å². The first-order valence-corrected chi connectivity index (χ1v) is 9.51. The average Bonchev–Trinajstić information content (AvgIpc) is 3.18. The number of aromatic nitrogens is 4. The molecule has 1 fully saturated rings. The molecule has 0 aliphatic carbocycles. The van der Waals surface area contributed by atoms with Gasteiger partial charge in [0.05, 0.1) is 29.6 Å². The second-order valence-corrected chi connectivity index (χ2v) is 7.34. The molecule has 2 aromatic heterocycles. The molecule has 0 radical (unpaired) electrons. The van der Waals surface area contributed by atoms with Crippen LogP contribution in [0.3, 0.4) is 0 Å². The lowest BCUT2D eigenvalue weighted by atomic mass is 9.95. The molecule has 1 aliphatic rings. The van der Waals surface area contributed by atoms with Crippen molar-refractivity contribution in [1.29, 1.82) is 0 Å². The normalized spacial score (nSPS) is 14.2. The molecule has 1 aliphatic heterocycles. The van der Waals surface area contributed by atoms with Crippen molar-refractivity contribution >= 4 is 33.4 Å². The van der Waals surface area contributed by atoms with Crippen molar-refractivity contribution in [1.82, 2.24) is 25.3 Å². The maximum Gasteiger partial charge on any atom is 0.246 e. The highest BCUT2D eigenvalue weighted by Crippen LogP contribution is 2.36. The van der Waals surface area contributed by atoms with E-state index in [0.717, 1.165) is 44.2 Å². The summed E-state index contributed by atoms with van der Waals surface area (Å²) in [7, 11) is 0. The summed E-state index contributed by atoms with van der Waals surface area (Å²) in [5.41, 5.74) is 6.05. The molecule has 5 rings (SSSR count). The lowest BCUT2D eigenvalue weighted by Gasteiger charge is -2.39. The van der Waals surface area contributed by atoms with Crippen LogP contribution in [-0.4, -0.2) is 50.3 Å². The Morgan fingerprint density at radius 2 is 2.10 bits per heavy atom. The fourth-order valence-electron chi connectivity index (χ4n) is 3.98. The number of hydrogen-bond donors (Lipinski definition) is 2. The minimum atomic E-state index is -0.0354. The summed E-state index contributed by atoms with van der Waals surface area (Å²) in [6.45, 7) is 6.94. The van der Waals surface area contributed by atoms with Gasteiger partial charge in [-0.3, -0.25) is 9.89 Å². The topological polar surface area (TPSA) is 86.8 Å². The largest absolute Gasteiger partial charge is 0.377 e. The maximum absolute atomic E-state index is 11.7. The number of H-pyrrole nitrogens is 1. The van der Waals surface area contributed by atoms with Gasteiger partial charge in [-0.15, -0.1) is 5.10 Å². The van der Waals surface area contributed by atoms with Crippen LogP contribution in [0.5, 0.6) is 0 Å². The zero-order valence-electron chi connectivity index (χ0n) is 16.0. The first-order chi connectivity index (χ1) is 14.2. The van der Waals surface area contributed by atoms with E-state index in [9.17, 15) is 4.79 Å². The molecule has 2 N–H and O–H groups in total. The molecule has 1 saturated heterocycles. The van der Waals surface area contributed by atoms with Crippen molar-refractivity contribution in [2.75, 3.05) is 18.4 Å². The molecule has 144 valence electrons. The van der Waals surface area contributed by atoms with Crippen LogP contribution >= 0.6 is 0 Å². The number of fused-ring (bicyclic) bond motifs is 2. The predicted molar refractivity (Wildman–Crippen MR) is 114 cm³/mol. The maximum atomic E-state index is 11.7. The molecule has 7 heteroatoms. The second-order valence-electron chi connectivity index (χ2n) is 7.34. The van der Waals surface area contributed by atoms with Crippen LogP contribution in [0.1, 0.15) is 5.56 Å². The first kappa shape index (κ1) is 17.4. The number of hydrogen-bond acceptors (Lipinski definition) is 5. The van der Waals surface area contributed by atoms with Gasteiger partial charge < -0.3 is 10.2 Å². The quantitative estimate of drug-likeness (QED) is 0.527. The fourth-order valence-corrected chi connectivity index (χ4v) is 3.98. The Kier molecular flexibility index (Phi) is 4.01. The first-order valence-electron chi connectivity index (χ1n) is 9.51. The zero-order valence-corrected chi connectivity index (χ0v) is 16.0. The van der Waals surface area contributed by atoms with E-state index in [1.807, 2.05) is 24.4 Å². The number of aryl methyl sites for hydroxylation is 1. The van der Waals surface area contributed by atoms with Gasteiger partial charge in [0.25, 0.3) is 0 Å². The van der Waals surface area contributed by atoms with Gasteiger partial charge in [0.2, 0.25) is 5.91 Å². The lowest BCUT2D eigenvalue weighted by molar-refractivity contribution is -0.129. The van der Waals surface area contributed by atoms with Crippen molar-refractivity contribution in [3.8, 4) is 11.1 Å². The average molecular weight is 384 g/mol. The standard InChI is InChI=1S/C22H20N6O/c1-3-20(29)28-11-14(12-28)25-19-10-24-27-22-15(19)5-4-6-16(22)21-13(2)7-8-18-17(21)9-23-26-18/h3-10,14H,1,11-12H2,2H3,(H,23,26)(H,25,27).